The molecule has 1 unspecified atom stereocenters. The Morgan fingerprint density at radius 1 is 1.20 bits per heavy atom. The molecule has 0 fully saturated rings. The number of halogens is 2. The zero-order valence-corrected chi connectivity index (χ0v) is 16.9. The van der Waals surface area contributed by atoms with Gasteiger partial charge >= 0.3 is 0 Å². The lowest BCUT2D eigenvalue weighted by Gasteiger charge is -2.14. The summed E-state index contributed by atoms with van der Waals surface area (Å²) in [7, 11) is 2.53. The molecule has 0 radical (unpaired) electrons. The predicted molar refractivity (Wildman–Crippen MR) is 106 cm³/mol. The summed E-state index contributed by atoms with van der Waals surface area (Å²) < 4.78 is 44.0. The molecule has 164 valence electrons. The monoisotopic (exact) mass is 425 g/mol. The summed E-state index contributed by atoms with van der Waals surface area (Å²) in [6.07, 6.45) is 4.39. The van der Waals surface area contributed by atoms with E-state index in [4.69, 9.17) is 25.1 Å². The topological polar surface area (TPSA) is 124 Å². The van der Waals surface area contributed by atoms with Gasteiger partial charge < -0.3 is 35.7 Å². The van der Waals surface area contributed by atoms with Crippen molar-refractivity contribution in [3.05, 3.63) is 47.6 Å². The normalized spacial score (nSPS) is 12.3. The second kappa shape index (κ2) is 11.1. The van der Waals surface area contributed by atoms with Crippen LogP contribution in [-0.2, 0) is 6.61 Å². The number of hydrogen-bond donors (Lipinski definition) is 4. The number of ether oxygens (including phenoxy) is 3. The van der Waals surface area contributed by atoms with Gasteiger partial charge in [0.15, 0.2) is 28.9 Å². The smallest absolute Gasteiger partial charge is 0.228 e. The van der Waals surface area contributed by atoms with Crippen molar-refractivity contribution in [2.75, 3.05) is 32.7 Å². The number of hydrogen-bond acceptors (Lipinski definition) is 9. The molecule has 0 aliphatic rings. The molecule has 9 nitrogen and oxygen atoms in total. The Labute approximate surface area is 172 Å². The van der Waals surface area contributed by atoms with E-state index in [0.29, 0.717) is 12.4 Å². The number of aliphatic hydroxyl groups is 1. The number of anilines is 1. The Balaban J connectivity index is 2.10. The summed E-state index contributed by atoms with van der Waals surface area (Å²) >= 11 is 0. The molecule has 0 amide bonds. The zero-order chi connectivity index (χ0) is 22.1. The van der Waals surface area contributed by atoms with E-state index in [0.717, 1.165) is 6.07 Å². The van der Waals surface area contributed by atoms with Crippen LogP contribution in [0.4, 0.5) is 14.7 Å². The van der Waals surface area contributed by atoms with Crippen molar-refractivity contribution in [2.45, 2.75) is 19.6 Å². The van der Waals surface area contributed by atoms with Crippen molar-refractivity contribution in [1.29, 1.82) is 0 Å². The van der Waals surface area contributed by atoms with E-state index in [1.807, 2.05) is 0 Å². The average Bonchev–Trinajstić information content (AvgIpc) is 2.73. The highest BCUT2D eigenvalue weighted by Gasteiger charge is 2.20. The lowest BCUT2D eigenvalue weighted by atomic mass is 10.1. The second-order valence-electron chi connectivity index (χ2n) is 6.13. The highest BCUT2D eigenvalue weighted by molar-refractivity contribution is 5.42. The van der Waals surface area contributed by atoms with Gasteiger partial charge in [-0.15, -0.1) is 0 Å². The SMILES string of the molecule is COc1cc(OC)c(F)c(COc2cnc(N/C(=C/C(C)N)NCCO)nc2)c1F. The van der Waals surface area contributed by atoms with Crippen molar-refractivity contribution in [3.63, 3.8) is 0 Å². The van der Waals surface area contributed by atoms with E-state index in [1.165, 1.54) is 26.6 Å². The van der Waals surface area contributed by atoms with Gasteiger partial charge in [-0.05, 0) is 13.0 Å². The maximum Gasteiger partial charge on any atom is 0.228 e. The third-order valence-electron chi connectivity index (χ3n) is 3.78. The molecule has 5 N–H and O–H groups in total. The van der Waals surface area contributed by atoms with Gasteiger partial charge in [-0.1, -0.05) is 0 Å². The van der Waals surface area contributed by atoms with Crippen LogP contribution in [0.2, 0.25) is 0 Å². The Morgan fingerprint density at radius 2 is 1.80 bits per heavy atom. The highest BCUT2D eigenvalue weighted by Crippen LogP contribution is 2.31. The largest absolute Gasteiger partial charge is 0.494 e. The first-order valence-electron chi connectivity index (χ1n) is 9.02. The summed E-state index contributed by atoms with van der Waals surface area (Å²) in [5, 5.41) is 14.8. The molecule has 2 rings (SSSR count). The lowest BCUT2D eigenvalue weighted by Crippen LogP contribution is -2.26. The Kier molecular flexibility index (Phi) is 8.56. The standard InChI is InChI=1S/C19H25F2N5O4/c1-11(22)6-16(23-4-5-27)26-19-24-8-12(9-25-19)30-10-13-17(20)14(28-2)7-15(29-3)18(13)21/h6-9,11,23,27H,4-5,10,22H2,1-3H3,(H,24,25,26)/b16-6+. The van der Waals surface area contributed by atoms with Gasteiger partial charge in [-0.2, -0.15) is 0 Å². The molecule has 0 saturated carbocycles. The van der Waals surface area contributed by atoms with Crippen molar-refractivity contribution in [1.82, 2.24) is 15.3 Å². The van der Waals surface area contributed by atoms with E-state index >= 15 is 0 Å². The van der Waals surface area contributed by atoms with Gasteiger partial charge in [0.25, 0.3) is 0 Å². The molecule has 30 heavy (non-hydrogen) atoms. The van der Waals surface area contributed by atoms with Crippen molar-refractivity contribution in [2.24, 2.45) is 5.73 Å². The number of nitrogens with two attached hydrogens (primary N) is 1. The fraction of sp³-hybridized carbons (Fsp3) is 0.368. The minimum Gasteiger partial charge on any atom is -0.494 e. The first kappa shape index (κ1) is 23.1. The van der Waals surface area contributed by atoms with Crippen LogP contribution < -0.4 is 30.6 Å². The lowest BCUT2D eigenvalue weighted by molar-refractivity contribution is 0.280. The van der Waals surface area contributed by atoms with E-state index in [9.17, 15) is 8.78 Å². The minimum atomic E-state index is -0.879. The fourth-order valence-corrected chi connectivity index (χ4v) is 2.39. The number of aliphatic hydroxyl groups excluding tert-OH is 1. The predicted octanol–water partition coefficient (Wildman–Crippen LogP) is 1.53. The summed E-state index contributed by atoms with van der Waals surface area (Å²) in [6.45, 7) is 1.61. The van der Waals surface area contributed by atoms with E-state index < -0.39 is 18.2 Å². The molecule has 0 aliphatic carbocycles. The molecule has 1 aromatic carbocycles. The zero-order valence-electron chi connectivity index (χ0n) is 16.9. The maximum absolute atomic E-state index is 14.4. The summed E-state index contributed by atoms with van der Waals surface area (Å²) in [4.78, 5) is 8.18. The van der Waals surface area contributed by atoms with Gasteiger partial charge in [-0.25, -0.2) is 18.7 Å². The first-order valence-corrected chi connectivity index (χ1v) is 9.02. The van der Waals surface area contributed by atoms with E-state index in [1.54, 1.807) is 13.0 Å². The van der Waals surface area contributed by atoms with Crippen LogP contribution in [0.25, 0.3) is 0 Å². The molecule has 0 saturated heterocycles. The van der Waals surface area contributed by atoms with Crippen LogP contribution in [0, 0.1) is 11.6 Å². The van der Waals surface area contributed by atoms with Gasteiger partial charge in [-0.3, -0.25) is 0 Å². The summed E-state index contributed by atoms with van der Waals surface area (Å²) in [5.74, 6) is -1.12. The average molecular weight is 425 g/mol. The molecule has 1 heterocycles. The molecule has 0 aliphatic heterocycles. The van der Waals surface area contributed by atoms with Gasteiger partial charge in [0.05, 0.1) is 38.8 Å². The number of nitrogens with one attached hydrogen (secondary N) is 2. The van der Waals surface area contributed by atoms with E-state index in [2.05, 4.69) is 20.6 Å². The third kappa shape index (κ3) is 6.16. The van der Waals surface area contributed by atoms with Gasteiger partial charge in [0.2, 0.25) is 5.95 Å². The van der Waals surface area contributed by atoms with E-state index in [-0.39, 0.29) is 41.4 Å². The quantitative estimate of drug-likeness (QED) is 0.424. The molecule has 11 heteroatoms. The van der Waals surface area contributed by atoms with Crippen LogP contribution in [0.5, 0.6) is 17.2 Å². The van der Waals surface area contributed by atoms with Crippen LogP contribution in [0.1, 0.15) is 12.5 Å². The summed E-state index contributed by atoms with van der Waals surface area (Å²) in [6, 6.07) is 0.876. The van der Waals surface area contributed by atoms with Crippen molar-refractivity contribution >= 4 is 5.95 Å². The van der Waals surface area contributed by atoms with Crippen LogP contribution in [-0.4, -0.2) is 48.5 Å². The number of rotatable bonds is 11. The van der Waals surface area contributed by atoms with Crippen LogP contribution >= 0.6 is 0 Å². The maximum atomic E-state index is 14.4. The number of nitrogens with zero attached hydrogens (tertiary/aromatic N) is 2. The van der Waals surface area contributed by atoms with Crippen LogP contribution in [0.3, 0.4) is 0 Å². The Bertz CT molecular complexity index is 835. The summed E-state index contributed by atoms with van der Waals surface area (Å²) in [5.41, 5.74) is 5.40. The van der Waals surface area contributed by atoms with Crippen molar-refractivity contribution in [3.8, 4) is 17.2 Å². The first-order chi connectivity index (χ1) is 14.4. The molecule has 0 spiro atoms. The van der Waals surface area contributed by atoms with Crippen molar-refractivity contribution < 1.29 is 28.1 Å². The number of methoxy groups -OCH3 is 2. The third-order valence-corrected chi connectivity index (χ3v) is 3.78. The molecule has 1 aromatic heterocycles. The second-order valence-corrected chi connectivity index (χ2v) is 6.13. The Morgan fingerprint density at radius 3 is 2.30 bits per heavy atom. The molecular weight excluding hydrogens is 400 g/mol. The number of benzene rings is 1. The fourth-order valence-electron chi connectivity index (χ4n) is 2.39. The highest BCUT2D eigenvalue weighted by atomic mass is 19.1. The minimum absolute atomic E-state index is 0.0617. The Hall–Kier alpha value is -3.18. The van der Waals surface area contributed by atoms with Crippen LogP contribution in [0.15, 0.2) is 30.4 Å². The molecular formula is C19H25F2N5O4. The molecule has 2 aromatic rings. The number of aromatic nitrogens is 2. The van der Waals surface area contributed by atoms with Gasteiger partial charge in [0, 0.05) is 18.7 Å². The molecule has 1 atom stereocenters. The van der Waals surface area contributed by atoms with Gasteiger partial charge in [0.1, 0.15) is 12.4 Å². The molecule has 0 bridgehead atoms.